The third-order valence-electron chi connectivity index (χ3n) is 8.97. The highest BCUT2D eigenvalue weighted by atomic mass is 28.3. The first-order chi connectivity index (χ1) is 17.1. The average molecular weight is 493 g/mol. The minimum Gasteiger partial charge on any atom is -0.200 e. The molecule has 4 aromatic rings. The van der Waals surface area contributed by atoms with Crippen molar-refractivity contribution < 1.29 is 4.57 Å². The number of aryl methyl sites for hydroxylation is 1. The molecule has 5 rings (SSSR count). The van der Waals surface area contributed by atoms with Gasteiger partial charge in [0.05, 0.1) is 19.0 Å². The van der Waals surface area contributed by atoms with Crippen LogP contribution in [0.4, 0.5) is 0 Å². The molecule has 0 unspecified atom stereocenters. The molecule has 0 spiro atoms. The van der Waals surface area contributed by atoms with E-state index in [1.54, 1.807) is 5.19 Å². The van der Waals surface area contributed by atoms with Gasteiger partial charge in [-0.1, -0.05) is 113 Å². The third-order valence-corrected chi connectivity index (χ3v) is 13.4. The van der Waals surface area contributed by atoms with Gasteiger partial charge < -0.3 is 0 Å². The van der Waals surface area contributed by atoms with Crippen LogP contribution >= 0.6 is 0 Å². The number of nitrogens with zero attached hydrogens (tertiary/aromatic N) is 1. The van der Waals surface area contributed by atoms with Crippen LogP contribution in [-0.4, -0.2) is 8.07 Å². The normalized spacial score (nSPS) is 17.0. The molecule has 0 atom stereocenters. The zero-order valence-corrected chi connectivity index (χ0v) is 24.3. The highest BCUT2D eigenvalue weighted by Gasteiger charge is 2.38. The summed E-state index contributed by atoms with van der Waals surface area (Å²) >= 11 is 0. The van der Waals surface area contributed by atoms with Crippen LogP contribution in [0.25, 0.3) is 33.2 Å². The number of benzene rings is 3. The first-order valence-electron chi connectivity index (χ1n) is 13.7. The molecule has 1 fully saturated rings. The van der Waals surface area contributed by atoms with Crippen molar-refractivity contribution in [2.24, 2.45) is 12.5 Å². The van der Waals surface area contributed by atoms with Crippen LogP contribution in [0.15, 0.2) is 72.9 Å². The predicted octanol–water partition coefficient (Wildman–Crippen LogP) is 8.54. The monoisotopic (exact) mass is 492 g/mol. The van der Waals surface area contributed by atoms with Crippen molar-refractivity contribution in [1.29, 1.82) is 0 Å². The molecule has 0 aliphatic carbocycles. The van der Waals surface area contributed by atoms with Crippen LogP contribution < -0.4 is 9.75 Å². The smallest absolute Gasteiger partial charge is 0.200 e. The number of hydrogen-bond acceptors (Lipinski definition) is 0. The van der Waals surface area contributed by atoms with Crippen molar-refractivity contribution in [2.75, 3.05) is 0 Å². The number of rotatable bonds is 4. The first-order valence-corrected chi connectivity index (χ1v) is 16.6. The highest BCUT2D eigenvalue weighted by Crippen LogP contribution is 2.41. The second kappa shape index (κ2) is 9.30. The number of pyridine rings is 1. The fourth-order valence-corrected chi connectivity index (χ4v) is 10.5. The van der Waals surface area contributed by atoms with E-state index >= 15 is 0 Å². The summed E-state index contributed by atoms with van der Waals surface area (Å²) in [5.41, 5.74) is 8.61. The Labute approximate surface area is 219 Å². The molecule has 3 aromatic carbocycles. The van der Waals surface area contributed by atoms with Crippen LogP contribution in [0.3, 0.4) is 0 Å². The molecule has 0 bridgehead atoms. The summed E-state index contributed by atoms with van der Waals surface area (Å²) < 4.78 is 2.32. The quantitative estimate of drug-likeness (QED) is 0.198. The Bertz CT molecular complexity index is 1400. The van der Waals surface area contributed by atoms with Crippen LogP contribution in [-0.2, 0) is 7.05 Å². The molecule has 0 radical (unpaired) electrons. The summed E-state index contributed by atoms with van der Waals surface area (Å²) in [6.45, 7) is 14.5. The molecule has 1 aliphatic heterocycles. The molecule has 1 nitrogen and oxygen atoms in total. The second-order valence-electron chi connectivity index (χ2n) is 12.6. The summed E-state index contributed by atoms with van der Waals surface area (Å²) in [7, 11) is 0.776. The van der Waals surface area contributed by atoms with Crippen LogP contribution in [0.5, 0.6) is 0 Å². The van der Waals surface area contributed by atoms with Crippen molar-refractivity contribution in [3.05, 3.63) is 84.1 Å². The zero-order chi connectivity index (χ0) is 25.7. The zero-order valence-electron chi connectivity index (χ0n) is 23.3. The van der Waals surface area contributed by atoms with E-state index in [1.807, 2.05) is 0 Å². The van der Waals surface area contributed by atoms with E-state index in [0.717, 1.165) is 0 Å². The Kier molecular flexibility index (Phi) is 6.45. The van der Waals surface area contributed by atoms with Crippen LogP contribution in [0, 0.1) is 12.3 Å². The largest absolute Gasteiger partial charge is 0.220 e. The van der Waals surface area contributed by atoms with Gasteiger partial charge in [-0.2, -0.15) is 0 Å². The standard InChI is InChI=1S/C34H42NSi/c1-24(2)31-22-28(26-11-9-8-10-12-26)23-32(25(31)3)33-30-14-13-29(21-27(30)15-18-35(33)6)36(7)19-16-34(4,5)17-20-36/h8-15,18,21-24H,16-17,19-20H2,1-7H3/q+1. The van der Waals surface area contributed by atoms with Crippen molar-refractivity contribution >= 4 is 24.0 Å². The molecule has 0 amide bonds. The molecule has 2 heteroatoms. The van der Waals surface area contributed by atoms with Crippen LogP contribution in [0.2, 0.25) is 18.6 Å². The molecule has 1 aliphatic rings. The molecule has 0 saturated carbocycles. The summed E-state index contributed by atoms with van der Waals surface area (Å²) in [5.74, 6) is 0.473. The van der Waals surface area contributed by atoms with Gasteiger partial charge in [0, 0.05) is 6.07 Å². The topological polar surface area (TPSA) is 3.88 Å². The van der Waals surface area contributed by atoms with Gasteiger partial charge in [0.15, 0.2) is 6.20 Å². The lowest BCUT2D eigenvalue weighted by Crippen LogP contribution is -2.48. The van der Waals surface area contributed by atoms with Gasteiger partial charge in [-0.05, 0) is 58.0 Å². The van der Waals surface area contributed by atoms with Crippen molar-refractivity contribution in [3.63, 3.8) is 0 Å². The Morgan fingerprint density at radius 2 is 1.56 bits per heavy atom. The maximum Gasteiger partial charge on any atom is 0.220 e. The van der Waals surface area contributed by atoms with E-state index in [1.165, 1.54) is 69.2 Å². The van der Waals surface area contributed by atoms with Gasteiger partial charge in [-0.15, -0.1) is 0 Å². The third kappa shape index (κ3) is 4.57. The fourth-order valence-electron chi connectivity index (χ4n) is 6.23. The minimum absolute atomic E-state index is 0.473. The average Bonchev–Trinajstić information content (AvgIpc) is 2.86. The first kappa shape index (κ1) is 25.0. The van der Waals surface area contributed by atoms with Crippen LogP contribution in [0.1, 0.15) is 57.6 Å². The van der Waals surface area contributed by atoms with Gasteiger partial charge in [0.1, 0.15) is 7.05 Å². The molecular weight excluding hydrogens is 450 g/mol. The lowest BCUT2D eigenvalue weighted by atomic mass is 9.87. The van der Waals surface area contributed by atoms with E-state index in [-0.39, 0.29) is 0 Å². The van der Waals surface area contributed by atoms with E-state index in [0.29, 0.717) is 11.3 Å². The minimum atomic E-state index is -1.42. The molecular formula is C34H42NSi+. The lowest BCUT2D eigenvalue weighted by molar-refractivity contribution is -0.659. The van der Waals surface area contributed by atoms with Gasteiger partial charge >= 0.3 is 0 Å². The lowest BCUT2D eigenvalue weighted by Gasteiger charge is -2.40. The van der Waals surface area contributed by atoms with Gasteiger partial charge in [0.2, 0.25) is 5.69 Å². The summed E-state index contributed by atoms with van der Waals surface area (Å²) in [4.78, 5) is 0. The molecule has 1 saturated heterocycles. The molecule has 0 N–H and O–H groups in total. The van der Waals surface area contributed by atoms with Crippen molar-refractivity contribution in [3.8, 4) is 22.4 Å². The maximum absolute atomic E-state index is 2.62. The number of fused-ring (bicyclic) bond motifs is 1. The predicted molar refractivity (Wildman–Crippen MR) is 159 cm³/mol. The Morgan fingerprint density at radius 3 is 2.22 bits per heavy atom. The Balaban J connectivity index is 1.67. The van der Waals surface area contributed by atoms with Gasteiger partial charge in [-0.25, -0.2) is 4.57 Å². The van der Waals surface area contributed by atoms with E-state index in [2.05, 4.69) is 126 Å². The van der Waals surface area contributed by atoms with Gasteiger partial charge in [-0.3, -0.25) is 0 Å². The van der Waals surface area contributed by atoms with Crippen molar-refractivity contribution in [2.45, 2.75) is 72.0 Å². The van der Waals surface area contributed by atoms with E-state index in [4.69, 9.17) is 0 Å². The maximum atomic E-state index is 2.62. The fraction of sp³-hybridized carbons (Fsp3) is 0.382. The number of aromatic nitrogens is 1. The Hall–Kier alpha value is -2.71. The molecule has 186 valence electrons. The molecule has 1 aromatic heterocycles. The molecule has 36 heavy (non-hydrogen) atoms. The van der Waals surface area contributed by atoms with Crippen molar-refractivity contribution in [1.82, 2.24) is 0 Å². The SMILES string of the molecule is Cc1c(-c2c3ccc([Si]4(C)CCC(C)(C)CC4)cc3cc[n+]2C)cc(-c2ccccc2)cc1C(C)C. The molecule has 2 heterocycles. The second-order valence-corrected chi connectivity index (χ2v) is 17.3. The van der Waals surface area contributed by atoms with Gasteiger partial charge in [0.25, 0.3) is 0 Å². The number of hydrogen-bond donors (Lipinski definition) is 0. The van der Waals surface area contributed by atoms with E-state index in [9.17, 15) is 0 Å². The summed E-state index contributed by atoms with van der Waals surface area (Å²) in [6.07, 6.45) is 5.00. The Morgan fingerprint density at radius 1 is 0.861 bits per heavy atom. The summed E-state index contributed by atoms with van der Waals surface area (Å²) in [6, 6.07) is 28.3. The summed E-state index contributed by atoms with van der Waals surface area (Å²) in [5, 5.41) is 4.39. The van der Waals surface area contributed by atoms with E-state index < -0.39 is 8.07 Å². The highest BCUT2D eigenvalue weighted by molar-refractivity contribution is 6.91.